The highest BCUT2D eigenvalue weighted by atomic mass is 19.1. The number of hydrogen-bond donors (Lipinski definition) is 2. The molecule has 0 aliphatic rings. The van der Waals surface area contributed by atoms with E-state index in [1.54, 1.807) is 18.2 Å². The molecule has 102 valence electrons. The summed E-state index contributed by atoms with van der Waals surface area (Å²) in [6, 6.07) is 10.5. The first-order chi connectivity index (χ1) is 9.56. The number of aryl methyl sites for hydroxylation is 1. The van der Waals surface area contributed by atoms with Crippen molar-refractivity contribution in [3.05, 3.63) is 65.0 Å². The molecular formula is C15H13FN2O2. The number of amides is 1. The summed E-state index contributed by atoms with van der Waals surface area (Å²) in [5, 5.41) is 13.4. The molecule has 0 saturated carbocycles. The van der Waals surface area contributed by atoms with Crippen LogP contribution < -0.4 is 5.43 Å². The fourth-order valence-corrected chi connectivity index (χ4v) is 1.65. The number of hydrogen-bond acceptors (Lipinski definition) is 3. The molecule has 0 saturated heterocycles. The molecule has 0 bridgehead atoms. The lowest BCUT2D eigenvalue weighted by Crippen LogP contribution is -2.17. The van der Waals surface area contributed by atoms with E-state index >= 15 is 0 Å². The molecule has 0 fully saturated rings. The third-order valence-corrected chi connectivity index (χ3v) is 2.63. The van der Waals surface area contributed by atoms with Crippen molar-refractivity contribution in [3.8, 4) is 5.75 Å². The Balaban J connectivity index is 2.05. The number of phenols is 1. The van der Waals surface area contributed by atoms with Crippen LogP contribution in [0, 0.1) is 12.7 Å². The molecule has 0 spiro atoms. The number of carbonyl (C=O) groups is 1. The van der Waals surface area contributed by atoms with Gasteiger partial charge in [-0.2, -0.15) is 5.10 Å². The molecule has 0 aliphatic heterocycles. The Hall–Kier alpha value is -2.69. The highest BCUT2D eigenvalue weighted by molar-refractivity contribution is 5.97. The van der Waals surface area contributed by atoms with Crippen molar-refractivity contribution in [1.29, 1.82) is 0 Å². The molecular weight excluding hydrogens is 259 g/mol. The van der Waals surface area contributed by atoms with Crippen LogP contribution in [0.1, 0.15) is 21.5 Å². The highest BCUT2D eigenvalue weighted by Gasteiger charge is 2.09. The Morgan fingerprint density at radius 1 is 1.30 bits per heavy atom. The lowest BCUT2D eigenvalue weighted by molar-refractivity contribution is 0.0952. The number of rotatable bonds is 3. The molecule has 0 aliphatic carbocycles. The Bertz CT molecular complexity index is 669. The predicted octanol–water partition coefficient (Wildman–Crippen LogP) is 2.60. The molecule has 20 heavy (non-hydrogen) atoms. The maximum Gasteiger partial charge on any atom is 0.275 e. The number of nitrogens with zero attached hydrogens (tertiary/aromatic N) is 1. The van der Waals surface area contributed by atoms with Crippen LogP contribution in [-0.4, -0.2) is 17.2 Å². The first-order valence-electron chi connectivity index (χ1n) is 5.95. The molecule has 2 aromatic rings. The molecule has 2 rings (SSSR count). The van der Waals surface area contributed by atoms with Crippen molar-refractivity contribution < 1.29 is 14.3 Å². The van der Waals surface area contributed by atoms with Crippen LogP contribution in [0.4, 0.5) is 4.39 Å². The second-order valence-electron chi connectivity index (χ2n) is 4.27. The van der Waals surface area contributed by atoms with Crippen LogP contribution in [0.25, 0.3) is 0 Å². The van der Waals surface area contributed by atoms with Crippen LogP contribution in [0.3, 0.4) is 0 Å². The van der Waals surface area contributed by atoms with Crippen molar-refractivity contribution in [3.63, 3.8) is 0 Å². The summed E-state index contributed by atoms with van der Waals surface area (Å²) < 4.78 is 12.9. The fourth-order valence-electron chi connectivity index (χ4n) is 1.65. The zero-order valence-electron chi connectivity index (χ0n) is 10.8. The normalized spacial score (nSPS) is 10.7. The summed E-state index contributed by atoms with van der Waals surface area (Å²) in [6.45, 7) is 1.81. The van der Waals surface area contributed by atoms with Gasteiger partial charge in [-0.1, -0.05) is 18.2 Å². The van der Waals surface area contributed by atoms with E-state index in [1.807, 2.05) is 6.92 Å². The molecule has 0 radical (unpaired) electrons. The minimum Gasteiger partial charge on any atom is -0.507 e. The molecule has 0 heterocycles. The number of nitrogens with one attached hydrogen (secondary N) is 1. The average Bonchev–Trinajstić information content (AvgIpc) is 2.38. The molecule has 4 nitrogen and oxygen atoms in total. The molecule has 0 aromatic heterocycles. The van der Waals surface area contributed by atoms with E-state index in [9.17, 15) is 14.3 Å². The third kappa shape index (κ3) is 3.41. The van der Waals surface area contributed by atoms with E-state index in [-0.39, 0.29) is 17.1 Å². The number of carbonyl (C=O) groups excluding carboxylic acids is 1. The van der Waals surface area contributed by atoms with Gasteiger partial charge >= 0.3 is 0 Å². The number of benzene rings is 2. The first kappa shape index (κ1) is 13.7. The van der Waals surface area contributed by atoms with Crippen molar-refractivity contribution >= 4 is 12.1 Å². The lowest BCUT2D eigenvalue weighted by Gasteiger charge is -2.03. The highest BCUT2D eigenvalue weighted by Crippen LogP contribution is 2.17. The number of aromatic hydroxyl groups is 1. The molecule has 5 heteroatoms. The van der Waals surface area contributed by atoms with Crippen LogP contribution in [0.15, 0.2) is 47.6 Å². The minimum atomic E-state index is -0.532. The van der Waals surface area contributed by atoms with Crippen LogP contribution in [0.5, 0.6) is 5.75 Å². The van der Waals surface area contributed by atoms with E-state index < -0.39 is 5.91 Å². The van der Waals surface area contributed by atoms with Gasteiger partial charge in [0.15, 0.2) is 0 Å². The van der Waals surface area contributed by atoms with Gasteiger partial charge in [0, 0.05) is 0 Å². The topological polar surface area (TPSA) is 61.7 Å². The maximum atomic E-state index is 12.9. The molecule has 2 N–H and O–H groups in total. The number of phenolic OH excluding ortho intramolecular Hbond substituents is 1. The van der Waals surface area contributed by atoms with Gasteiger partial charge in [0.25, 0.3) is 5.91 Å². The zero-order chi connectivity index (χ0) is 14.5. The van der Waals surface area contributed by atoms with Crippen molar-refractivity contribution in [1.82, 2.24) is 5.43 Å². The summed E-state index contributed by atoms with van der Waals surface area (Å²) >= 11 is 0. The van der Waals surface area contributed by atoms with E-state index in [1.165, 1.54) is 30.5 Å². The smallest absolute Gasteiger partial charge is 0.275 e. The summed E-state index contributed by atoms with van der Waals surface area (Å²) in [5.41, 5.74) is 3.78. The standard InChI is InChI=1S/C15H13FN2O2/c1-10-5-6-13(14(19)7-10)15(20)18-17-9-11-3-2-4-12(16)8-11/h2-9,19H,1H3,(H,18,20)/b17-9+. The second kappa shape index (κ2) is 5.97. The first-order valence-corrected chi connectivity index (χ1v) is 5.95. The quantitative estimate of drug-likeness (QED) is 0.666. The summed E-state index contributed by atoms with van der Waals surface area (Å²) in [4.78, 5) is 11.8. The van der Waals surface area contributed by atoms with E-state index in [4.69, 9.17) is 0 Å². The average molecular weight is 272 g/mol. The van der Waals surface area contributed by atoms with Gasteiger partial charge in [-0.15, -0.1) is 0 Å². The maximum absolute atomic E-state index is 12.9. The van der Waals surface area contributed by atoms with Crippen molar-refractivity contribution in [2.24, 2.45) is 5.10 Å². The Morgan fingerprint density at radius 2 is 2.10 bits per heavy atom. The van der Waals surface area contributed by atoms with Crippen molar-refractivity contribution in [2.75, 3.05) is 0 Å². The van der Waals surface area contributed by atoms with Crippen LogP contribution >= 0.6 is 0 Å². The van der Waals surface area contributed by atoms with Gasteiger partial charge in [-0.3, -0.25) is 4.79 Å². The number of halogens is 1. The van der Waals surface area contributed by atoms with Gasteiger partial charge in [0.05, 0.1) is 11.8 Å². The minimum absolute atomic E-state index is 0.108. The van der Waals surface area contributed by atoms with E-state index in [0.717, 1.165) is 5.56 Å². The third-order valence-electron chi connectivity index (χ3n) is 2.63. The zero-order valence-corrected chi connectivity index (χ0v) is 10.8. The Morgan fingerprint density at radius 3 is 2.80 bits per heavy atom. The van der Waals surface area contributed by atoms with E-state index in [2.05, 4.69) is 10.5 Å². The summed E-state index contributed by atoms with van der Waals surface area (Å²) in [7, 11) is 0. The Labute approximate surface area is 115 Å². The van der Waals surface area contributed by atoms with Crippen LogP contribution in [0.2, 0.25) is 0 Å². The van der Waals surface area contributed by atoms with Gasteiger partial charge in [0.1, 0.15) is 11.6 Å². The van der Waals surface area contributed by atoms with E-state index in [0.29, 0.717) is 5.56 Å². The summed E-state index contributed by atoms with van der Waals surface area (Å²) in [6.07, 6.45) is 1.33. The van der Waals surface area contributed by atoms with Crippen LogP contribution in [-0.2, 0) is 0 Å². The van der Waals surface area contributed by atoms with Gasteiger partial charge < -0.3 is 5.11 Å². The Kier molecular flexibility index (Phi) is 4.10. The molecule has 0 unspecified atom stereocenters. The number of hydrazone groups is 1. The predicted molar refractivity (Wildman–Crippen MR) is 74.3 cm³/mol. The summed E-state index contributed by atoms with van der Waals surface area (Å²) in [5.74, 6) is -1.02. The van der Waals surface area contributed by atoms with Gasteiger partial charge in [-0.25, -0.2) is 9.82 Å². The second-order valence-corrected chi connectivity index (χ2v) is 4.27. The SMILES string of the molecule is Cc1ccc(C(=O)N/N=C/c2cccc(F)c2)c(O)c1. The largest absolute Gasteiger partial charge is 0.507 e. The van der Waals surface area contributed by atoms with Crippen molar-refractivity contribution in [2.45, 2.75) is 6.92 Å². The lowest BCUT2D eigenvalue weighted by atomic mass is 10.1. The molecule has 1 amide bonds. The molecule has 0 atom stereocenters. The monoisotopic (exact) mass is 272 g/mol. The molecule has 2 aromatic carbocycles. The fraction of sp³-hybridized carbons (Fsp3) is 0.0667. The van der Waals surface area contributed by atoms with Gasteiger partial charge in [-0.05, 0) is 42.3 Å². The van der Waals surface area contributed by atoms with Gasteiger partial charge in [0.2, 0.25) is 0 Å².